The van der Waals surface area contributed by atoms with Crippen LogP contribution in [0.4, 0.5) is 4.79 Å². The lowest BCUT2D eigenvalue weighted by Crippen LogP contribution is -2.54. The number of rotatable bonds is 7. The second-order valence-corrected chi connectivity index (χ2v) is 6.77. The van der Waals surface area contributed by atoms with Gasteiger partial charge in [0, 0.05) is 38.8 Å². The average molecular weight is 362 g/mol. The number of piperazine rings is 1. The van der Waals surface area contributed by atoms with Gasteiger partial charge in [0.05, 0.1) is 6.54 Å². The highest BCUT2D eigenvalue weighted by atomic mass is 16.3. The first-order chi connectivity index (χ1) is 12.5. The van der Waals surface area contributed by atoms with Crippen molar-refractivity contribution in [2.24, 2.45) is 0 Å². The van der Waals surface area contributed by atoms with Crippen LogP contribution in [0.3, 0.4) is 0 Å². The van der Waals surface area contributed by atoms with Gasteiger partial charge >= 0.3 is 6.03 Å². The van der Waals surface area contributed by atoms with Gasteiger partial charge in [-0.25, -0.2) is 4.79 Å². The predicted octanol–water partition coefficient (Wildman–Crippen LogP) is 1.18. The molecule has 1 aromatic rings. The molecule has 1 atom stereocenters. The number of urea groups is 1. The highest BCUT2D eigenvalue weighted by Gasteiger charge is 2.23. The van der Waals surface area contributed by atoms with Gasteiger partial charge in [-0.3, -0.25) is 9.69 Å². The molecule has 7 nitrogen and oxygen atoms in total. The number of nitrogens with zero attached hydrogens (tertiary/aromatic N) is 2. The maximum atomic E-state index is 12.4. The third kappa shape index (κ3) is 6.55. The Morgan fingerprint density at radius 1 is 1.15 bits per heavy atom. The number of carbonyl (C=O) groups excluding carboxylic acids is 2. The highest BCUT2D eigenvalue weighted by Crippen LogP contribution is 2.12. The summed E-state index contributed by atoms with van der Waals surface area (Å²) in [7, 11) is 0. The zero-order chi connectivity index (χ0) is 18.9. The smallest absolute Gasteiger partial charge is 0.317 e. The highest BCUT2D eigenvalue weighted by molar-refractivity contribution is 5.78. The molecular weight excluding hydrogens is 332 g/mol. The van der Waals surface area contributed by atoms with Gasteiger partial charge in [0.1, 0.15) is 5.75 Å². The Balaban J connectivity index is 1.67. The summed E-state index contributed by atoms with van der Waals surface area (Å²) >= 11 is 0. The van der Waals surface area contributed by atoms with Crippen LogP contribution < -0.4 is 10.6 Å². The van der Waals surface area contributed by atoms with E-state index in [1.54, 1.807) is 12.1 Å². The molecule has 0 radical (unpaired) electrons. The summed E-state index contributed by atoms with van der Waals surface area (Å²) in [4.78, 5) is 27.9. The SMILES string of the molecule is CCNC(=O)CN1CCN(C(=O)NC(C)CCc2ccc(O)cc2)CC1. The van der Waals surface area contributed by atoms with Crippen molar-refractivity contribution < 1.29 is 14.7 Å². The summed E-state index contributed by atoms with van der Waals surface area (Å²) in [6.07, 6.45) is 1.69. The monoisotopic (exact) mass is 362 g/mol. The second-order valence-electron chi connectivity index (χ2n) is 6.77. The zero-order valence-corrected chi connectivity index (χ0v) is 15.7. The van der Waals surface area contributed by atoms with Gasteiger partial charge in [-0.05, 0) is 44.4 Å². The number of hydrogen-bond donors (Lipinski definition) is 3. The Labute approximate surface area is 155 Å². The Morgan fingerprint density at radius 2 is 1.81 bits per heavy atom. The Bertz CT molecular complexity index is 583. The fourth-order valence-corrected chi connectivity index (χ4v) is 2.99. The quantitative estimate of drug-likeness (QED) is 0.680. The number of amides is 3. The number of hydrogen-bond acceptors (Lipinski definition) is 4. The maximum Gasteiger partial charge on any atom is 0.317 e. The molecule has 0 aliphatic carbocycles. The van der Waals surface area contributed by atoms with E-state index in [1.165, 1.54) is 0 Å². The van der Waals surface area contributed by atoms with E-state index >= 15 is 0 Å². The maximum absolute atomic E-state index is 12.4. The first kappa shape index (κ1) is 20.0. The minimum atomic E-state index is -0.0409. The second kappa shape index (κ2) is 10.0. The van der Waals surface area contributed by atoms with E-state index in [0.717, 1.165) is 18.4 Å². The van der Waals surface area contributed by atoms with E-state index in [2.05, 4.69) is 15.5 Å². The normalized spacial score (nSPS) is 16.2. The van der Waals surface area contributed by atoms with Crippen LogP contribution in [0, 0.1) is 0 Å². The molecule has 1 saturated heterocycles. The van der Waals surface area contributed by atoms with Crippen molar-refractivity contribution in [2.45, 2.75) is 32.7 Å². The topological polar surface area (TPSA) is 84.9 Å². The molecule has 26 heavy (non-hydrogen) atoms. The number of phenols is 1. The fourth-order valence-electron chi connectivity index (χ4n) is 2.99. The lowest BCUT2D eigenvalue weighted by molar-refractivity contribution is -0.122. The number of phenolic OH excluding ortho intramolecular Hbond substituents is 1. The molecule has 1 unspecified atom stereocenters. The summed E-state index contributed by atoms with van der Waals surface area (Å²) in [5, 5.41) is 15.1. The van der Waals surface area contributed by atoms with Gasteiger partial charge in [0.15, 0.2) is 0 Å². The fraction of sp³-hybridized carbons (Fsp3) is 0.579. The third-order valence-corrected chi connectivity index (χ3v) is 4.57. The molecule has 1 aliphatic heterocycles. The van der Waals surface area contributed by atoms with Gasteiger partial charge in [-0.15, -0.1) is 0 Å². The van der Waals surface area contributed by atoms with Crippen molar-refractivity contribution in [3.63, 3.8) is 0 Å². The van der Waals surface area contributed by atoms with E-state index in [0.29, 0.717) is 39.3 Å². The Kier molecular flexibility index (Phi) is 7.72. The van der Waals surface area contributed by atoms with Crippen molar-refractivity contribution in [2.75, 3.05) is 39.3 Å². The van der Waals surface area contributed by atoms with Crippen molar-refractivity contribution in [1.82, 2.24) is 20.4 Å². The molecule has 0 bridgehead atoms. The van der Waals surface area contributed by atoms with Crippen LogP contribution in [0.1, 0.15) is 25.8 Å². The molecule has 7 heteroatoms. The van der Waals surface area contributed by atoms with Gasteiger partial charge in [0.25, 0.3) is 0 Å². The molecule has 1 fully saturated rings. The predicted molar refractivity (Wildman–Crippen MR) is 101 cm³/mol. The molecule has 1 heterocycles. The first-order valence-electron chi connectivity index (χ1n) is 9.30. The van der Waals surface area contributed by atoms with Crippen LogP contribution in [-0.4, -0.2) is 72.2 Å². The Hall–Kier alpha value is -2.28. The van der Waals surface area contributed by atoms with Crippen LogP contribution in [0.25, 0.3) is 0 Å². The molecule has 1 aromatic carbocycles. The minimum Gasteiger partial charge on any atom is -0.508 e. The largest absolute Gasteiger partial charge is 0.508 e. The van der Waals surface area contributed by atoms with Crippen LogP contribution in [0.15, 0.2) is 24.3 Å². The van der Waals surface area contributed by atoms with Gasteiger partial charge in [-0.2, -0.15) is 0 Å². The summed E-state index contributed by atoms with van der Waals surface area (Å²) < 4.78 is 0. The zero-order valence-electron chi connectivity index (χ0n) is 15.7. The molecule has 0 saturated carbocycles. The molecule has 0 aromatic heterocycles. The van der Waals surface area contributed by atoms with Gasteiger partial charge in [0.2, 0.25) is 5.91 Å². The molecular formula is C19H30N4O3. The van der Waals surface area contributed by atoms with Gasteiger partial charge < -0.3 is 20.6 Å². The summed E-state index contributed by atoms with van der Waals surface area (Å²) in [5.74, 6) is 0.301. The molecule has 1 aliphatic rings. The van der Waals surface area contributed by atoms with Crippen LogP contribution >= 0.6 is 0 Å². The van der Waals surface area contributed by atoms with E-state index in [-0.39, 0.29) is 23.7 Å². The minimum absolute atomic E-state index is 0.0354. The van der Waals surface area contributed by atoms with E-state index < -0.39 is 0 Å². The molecule has 3 amide bonds. The van der Waals surface area contributed by atoms with Crippen LogP contribution in [-0.2, 0) is 11.2 Å². The summed E-state index contributed by atoms with van der Waals surface area (Å²) in [6, 6.07) is 7.19. The lowest BCUT2D eigenvalue weighted by atomic mass is 10.1. The number of aromatic hydroxyl groups is 1. The molecule has 0 spiro atoms. The number of likely N-dealkylation sites (N-methyl/N-ethyl adjacent to an activating group) is 1. The van der Waals surface area contributed by atoms with Crippen molar-refractivity contribution >= 4 is 11.9 Å². The third-order valence-electron chi connectivity index (χ3n) is 4.57. The molecule has 144 valence electrons. The average Bonchev–Trinajstić information content (AvgIpc) is 2.62. The number of aryl methyl sites for hydroxylation is 1. The van der Waals surface area contributed by atoms with Crippen LogP contribution in [0.5, 0.6) is 5.75 Å². The molecule has 2 rings (SSSR count). The van der Waals surface area contributed by atoms with Crippen molar-refractivity contribution in [3.8, 4) is 5.75 Å². The van der Waals surface area contributed by atoms with Crippen molar-refractivity contribution in [3.05, 3.63) is 29.8 Å². The lowest BCUT2D eigenvalue weighted by Gasteiger charge is -2.34. The first-order valence-corrected chi connectivity index (χ1v) is 9.30. The van der Waals surface area contributed by atoms with Crippen molar-refractivity contribution in [1.29, 1.82) is 0 Å². The van der Waals surface area contributed by atoms with Gasteiger partial charge in [-0.1, -0.05) is 12.1 Å². The van der Waals surface area contributed by atoms with E-state index in [1.807, 2.05) is 30.9 Å². The standard InChI is InChI=1S/C19H30N4O3/c1-3-20-18(25)14-22-10-12-23(13-11-22)19(26)21-15(2)4-5-16-6-8-17(24)9-7-16/h6-9,15,24H,3-5,10-14H2,1-2H3,(H,20,25)(H,21,26). The van der Waals surface area contributed by atoms with E-state index in [4.69, 9.17) is 0 Å². The number of nitrogens with one attached hydrogen (secondary N) is 2. The number of benzene rings is 1. The summed E-state index contributed by atoms with van der Waals surface area (Å²) in [5.41, 5.74) is 1.14. The number of carbonyl (C=O) groups is 2. The Morgan fingerprint density at radius 3 is 2.42 bits per heavy atom. The summed E-state index contributed by atoms with van der Waals surface area (Å²) in [6.45, 7) is 7.65. The van der Waals surface area contributed by atoms with Crippen LogP contribution in [0.2, 0.25) is 0 Å². The van der Waals surface area contributed by atoms with E-state index in [9.17, 15) is 14.7 Å². The molecule has 3 N–H and O–H groups in total.